The van der Waals surface area contributed by atoms with Crippen molar-refractivity contribution in [3.8, 4) is 0 Å². The fourth-order valence-corrected chi connectivity index (χ4v) is 4.79. The molecular weight excluding hydrogens is 544 g/mol. The molecule has 0 saturated carbocycles. The zero-order valence-electron chi connectivity index (χ0n) is 22.1. The molecule has 3 N–H and O–H groups in total. The highest BCUT2D eigenvalue weighted by atomic mass is 32.2. The van der Waals surface area contributed by atoms with E-state index < -0.39 is 28.7 Å². The van der Waals surface area contributed by atoms with E-state index in [1.807, 2.05) is 6.92 Å². The van der Waals surface area contributed by atoms with Gasteiger partial charge in [-0.15, -0.1) is 11.8 Å². The minimum atomic E-state index is -0.593. The van der Waals surface area contributed by atoms with Gasteiger partial charge in [-0.3, -0.25) is 14.4 Å². The number of nitrogens with one attached hydrogen (secondary N) is 3. The number of amides is 3. The van der Waals surface area contributed by atoms with Gasteiger partial charge in [0, 0.05) is 16.1 Å². The summed E-state index contributed by atoms with van der Waals surface area (Å²) in [6.45, 7) is 1.85. The van der Waals surface area contributed by atoms with Crippen molar-refractivity contribution in [1.82, 2.24) is 5.32 Å². The first-order valence-corrected chi connectivity index (χ1v) is 13.7. The van der Waals surface area contributed by atoms with Crippen molar-refractivity contribution in [2.75, 3.05) is 10.6 Å². The molecule has 0 radical (unpaired) electrons. The van der Waals surface area contributed by atoms with Crippen LogP contribution >= 0.6 is 11.8 Å². The molecule has 0 bridgehead atoms. The number of para-hydroxylation sites is 1. The summed E-state index contributed by atoms with van der Waals surface area (Å²) >= 11 is 1.28. The largest absolute Gasteiger partial charge is 0.323 e. The molecule has 0 aromatic heterocycles. The second-order valence-corrected chi connectivity index (χ2v) is 10.2. The molecule has 0 saturated heterocycles. The molecule has 0 fully saturated rings. The summed E-state index contributed by atoms with van der Waals surface area (Å²) < 4.78 is 27.4. The third-order valence-corrected chi connectivity index (χ3v) is 7.23. The number of carbonyl (C=O) groups excluding carboxylic acids is 3. The van der Waals surface area contributed by atoms with Crippen LogP contribution in [0.25, 0.3) is 6.08 Å². The fourth-order valence-electron chi connectivity index (χ4n) is 3.78. The molecule has 3 amide bonds. The Balaban J connectivity index is 1.50. The van der Waals surface area contributed by atoms with Crippen LogP contribution < -0.4 is 16.0 Å². The number of carbonyl (C=O) groups is 3. The lowest BCUT2D eigenvalue weighted by atomic mass is 10.1. The Labute approximate surface area is 240 Å². The fraction of sp³-hybridized carbons (Fsp3) is 0.0938. The monoisotopic (exact) mass is 571 g/mol. The molecule has 0 spiro atoms. The standard InChI is InChI=1S/C32H27F2N3O3S/c1-2-29(32(40)36-27-14-7-6-13-26(27)34)41-25-12-8-11-24(20-25)35-31(39)28(19-21-15-17-23(33)18-16-21)37-30(38)22-9-4-3-5-10-22/h3-20,29H,2H2,1H3,(H,35,39)(H,36,40)(H,37,38)/b28-19-. The molecule has 0 heterocycles. The summed E-state index contributed by atoms with van der Waals surface area (Å²) in [6.07, 6.45) is 1.94. The minimum Gasteiger partial charge on any atom is -0.323 e. The highest BCUT2D eigenvalue weighted by Gasteiger charge is 2.20. The van der Waals surface area contributed by atoms with E-state index in [0.29, 0.717) is 28.1 Å². The normalized spacial score (nSPS) is 11.8. The average Bonchev–Trinajstić information content (AvgIpc) is 2.98. The molecule has 0 aliphatic heterocycles. The molecule has 4 aromatic carbocycles. The number of halogens is 2. The van der Waals surface area contributed by atoms with Crippen LogP contribution in [0.4, 0.5) is 20.2 Å². The summed E-state index contributed by atoms with van der Waals surface area (Å²) in [5, 5.41) is 7.53. The number of anilines is 2. The van der Waals surface area contributed by atoms with Gasteiger partial charge in [0.2, 0.25) is 5.91 Å². The maximum Gasteiger partial charge on any atom is 0.272 e. The van der Waals surface area contributed by atoms with Gasteiger partial charge in [0.1, 0.15) is 17.3 Å². The average molecular weight is 572 g/mol. The van der Waals surface area contributed by atoms with Crippen molar-refractivity contribution in [2.24, 2.45) is 0 Å². The van der Waals surface area contributed by atoms with Crippen LogP contribution in [0.5, 0.6) is 0 Å². The molecule has 9 heteroatoms. The minimum absolute atomic E-state index is 0.0424. The Morgan fingerprint density at radius 2 is 1.54 bits per heavy atom. The first-order valence-electron chi connectivity index (χ1n) is 12.8. The molecule has 0 aliphatic rings. The van der Waals surface area contributed by atoms with Gasteiger partial charge in [0.15, 0.2) is 0 Å². The number of benzene rings is 4. The van der Waals surface area contributed by atoms with Crippen molar-refractivity contribution >= 4 is 46.9 Å². The maximum absolute atomic E-state index is 14.0. The molecule has 6 nitrogen and oxygen atoms in total. The highest BCUT2D eigenvalue weighted by molar-refractivity contribution is 8.00. The van der Waals surface area contributed by atoms with Gasteiger partial charge in [-0.25, -0.2) is 8.78 Å². The smallest absolute Gasteiger partial charge is 0.272 e. The first kappa shape index (κ1) is 29.2. The Kier molecular flexibility index (Phi) is 10.0. The van der Waals surface area contributed by atoms with Crippen LogP contribution in [0.15, 0.2) is 114 Å². The van der Waals surface area contributed by atoms with Crippen LogP contribution in [0, 0.1) is 11.6 Å². The summed E-state index contributed by atoms with van der Waals surface area (Å²) in [5.41, 5.74) is 1.38. The molecule has 41 heavy (non-hydrogen) atoms. The van der Waals surface area contributed by atoms with Crippen LogP contribution in [-0.2, 0) is 9.59 Å². The molecule has 4 rings (SSSR count). The summed E-state index contributed by atoms with van der Waals surface area (Å²) in [6, 6.07) is 26.8. The Bertz CT molecular complexity index is 1560. The highest BCUT2D eigenvalue weighted by Crippen LogP contribution is 2.29. The van der Waals surface area contributed by atoms with E-state index in [-0.39, 0.29) is 17.3 Å². The van der Waals surface area contributed by atoms with Crippen LogP contribution in [-0.4, -0.2) is 23.0 Å². The van der Waals surface area contributed by atoms with Crippen LogP contribution in [0.1, 0.15) is 29.3 Å². The van der Waals surface area contributed by atoms with Crippen molar-refractivity contribution in [2.45, 2.75) is 23.5 Å². The first-order chi connectivity index (χ1) is 19.8. The zero-order chi connectivity index (χ0) is 29.2. The van der Waals surface area contributed by atoms with Gasteiger partial charge >= 0.3 is 0 Å². The van der Waals surface area contributed by atoms with E-state index in [1.165, 1.54) is 54.2 Å². The van der Waals surface area contributed by atoms with Crippen molar-refractivity contribution in [1.29, 1.82) is 0 Å². The van der Waals surface area contributed by atoms with E-state index in [0.717, 1.165) is 0 Å². The van der Waals surface area contributed by atoms with E-state index >= 15 is 0 Å². The van der Waals surface area contributed by atoms with Crippen molar-refractivity contribution in [3.63, 3.8) is 0 Å². The van der Waals surface area contributed by atoms with Gasteiger partial charge in [0.25, 0.3) is 11.8 Å². The molecular formula is C32H27F2N3O3S. The lowest BCUT2D eigenvalue weighted by molar-refractivity contribution is -0.116. The molecule has 1 atom stereocenters. The number of hydrogen-bond donors (Lipinski definition) is 3. The molecule has 208 valence electrons. The Hall–Kier alpha value is -4.76. The van der Waals surface area contributed by atoms with Gasteiger partial charge in [-0.2, -0.15) is 0 Å². The van der Waals surface area contributed by atoms with Gasteiger partial charge in [0.05, 0.1) is 10.9 Å². The SMILES string of the molecule is CCC(Sc1cccc(NC(=O)/C(=C/c2ccc(F)cc2)NC(=O)c2ccccc2)c1)C(=O)Nc1ccccc1F. The Morgan fingerprint density at radius 3 is 2.24 bits per heavy atom. The van der Waals surface area contributed by atoms with Gasteiger partial charge in [-0.1, -0.05) is 55.5 Å². The predicted octanol–water partition coefficient (Wildman–Crippen LogP) is 6.88. The van der Waals surface area contributed by atoms with E-state index in [4.69, 9.17) is 0 Å². The second kappa shape index (κ2) is 14.0. The maximum atomic E-state index is 14.0. The number of rotatable bonds is 10. The van der Waals surface area contributed by atoms with Crippen LogP contribution in [0.2, 0.25) is 0 Å². The molecule has 1 unspecified atom stereocenters. The van der Waals surface area contributed by atoms with Gasteiger partial charge in [-0.05, 0) is 72.7 Å². The molecule has 4 aromatic rings. The predicted molar refractivity (Wildman–Crippen MR) is 158 cm³/mol. The van der Waals surface area contributed by atoms with Crippen molar-refractivity contribution < 1.29 is 23.2 Å². The lowest BCUT2D eigenvalue weighted by Gasteiger charge is -2.16. The van der Waals surface area contributed by atoms with E-state index in [9.17, 15) is 23.2 Å². The topological polar surface area (TPSA) is 87.3 Å². The summed E-state index contributed by atoms with van der Waals surface area (Å²) in [4.78, 5) is 39.7. The third-order valence-electron chi connectivity index (χ3n) is 5.88. The van der Waals surface area contributed by atoms with E-state index in [1.54, 1.807) is 66.7 Å². The quantitative estimate of drug-likeness (QED) is 0.143. The summed E-state index contributed by atoms with van der Waals surface area (Å²) in [7, 11) is 0. The van der Waals surface area contributed by atoms with Crippen LogP contribution in [0.3, 0.4) is 0 Å². The van der Waals surface area contributed by atoms with Crippen molar-refractivity contribution in [3.05, 3.63) is 132 Å². The number of hydrogen-bond acceptors (Lipinski definition) is 4. The second-order valence-electron chi connectivity index (χ2n) is 8.90. The Morgan fingerprint density at radius 1 is 0.829 bits per heavy atom. The number of thioether (sulfide) groups is 1. The van der Waals surface area contributed by atoms with Gasteiger partial charge < -0.3 is 16.0 Å². The van der Waals surface area contributed by atoms with E-state index in [2.05, 4.69) is 16.0 Å². The third kappa shape index (κ3) is 8.36. The molecule has 0 aliphatic carbocycles. The summed E-state index contributed by atoms with van der Waals surface area (Å²) in [5.74, 6) is -2.36. The lowest BCUT2D eigenvalue weighted by Crippen LogP contribution is -2.30. The zero-order valence-corrected chi connectivity index (χ0v) is 22.9.